The van der Waals surface area contributed by atoms with Crippen molar-refractivity contribution in [3.05, 3.63) is 71.8 Å². The minimum Gasteiger partial charge on any atom is -0.491 e. The van der Waals surface area contributed by atoms with E-state index in [1.165, 1.54) is 16.3 Å². The topological polar surface area (TPSA) is 50.8 Å². The maximum atomic E-state index is 12.2. The summed E-state index contributed by atoms with van der Waals surface area (Å²) in [6, 6.07) is 21.9. The number of nitrogens with zero attached hydrogens (tertiary/aromatic N) is 1. The minimum atomic E-state index is -0.224. The summed E-state index contributed by atoms with van der Waals surface area (Å²) in [7, 11) is 0. The predicted octanol–water partition coefficient (Wildman–Crippen LogP) is 5.66. The van der Waals surface area contributed by atoms with Crippen molar-refractivity contribution < 1.29 is 14.3 Å². The number of carbonyl (C=O) groups is 1. The molecule has 1 fully saturated rings. The van der Waals surface area contributed by atoms with Gasteiger partial charge in [0.2, 0.25) is 0 Å². The van der Waals surface area contributed by atoms with E-state index in [4.69, 9.17) is 9.47 Å². The van der Waals surface area contributed by atoms with Crippen LogP contribution in [0.2, 0.25) is 0 Å². The molecule has 34 heavy (non-hydrogen) atoms. The fourth-order valence-corrected chi connectivity index (χ4v) is 4.84. The minimum absolute atomic E-state index is 0.0442. The molecular formula is C29H36N2O3. The van der Waals surface area contributed by atoms with Crippen molar-refractivity contribution in [3.8, 4) is 5.75 Å². The third-order valence-corrected chi connectivity index (χ3v) is 6.38. The normalized spacial score (nSPS) is 16.7. The third kappa shape index (κ3) is 5.71. The number of esters is 1. The zero-order valence-corrected chi connectivity index (χ0v) is 20.7. The van der Waals surface area contributed by atoms with Gasteiger partial charge in [0.1, 0.15) is 5.75 Å². The Morgan fingerprint density at radius 1 is 1.09 bits per heavy atom. The summed E-state index contributed by atoms with van der Waals surface area (Å²) >= 11 is 0. The highest BCUT2D eigenvalue weighted by Crippen LogP contribution is 2.30. The van der Waals surface area contributed by atoms with Gasteiger partial charge < -0.3 is 19.7 Å². The van der Waals surface area contributed by atoms with E-state index in [1.807, 2.05) is 26.8 Å². The molecule has 2 atom stereocenters. The van der Waals surface area contributed by atoms with Crippen molar-refractivity contribution in [1.82, 2.24) is 5.32 Å². The maximum absolute atomic E-state index is 12.2. The highest BCUT2D eigenvalue weighted by molar-refractivity contribution is 5.86. The van der Waals surface area contributed by atoms with Gasteiger partial charge in [-0.15, -0.1) is 0 Å². The van der Waals surface area contributed by atoms with Crippen LogP contribution in [-0.4, -0.2) is 37.8 Å². The number of anilines is 1. The first kappa shape index (κ1) is 24.1. The smallest absolute Gasteiger partial charge is 0.310 e. The van der Waals surface area contributed by atoms with E-state index in [-0.39, 0.29) is 24.5 Å². The van der Waals surface area contributed by atoms with Crippen molar-refractivity contribution in [2.24, 2.45) is 0 Å². The average molecular weight is 461 g/mol. The van der Waals surface area contributed by atoms with Gasteiger partial charge in [-0.2, -0.15) is 0 Å². The maximum Gasteiger partial charge on any atom is 0.310 e. The lowest BCUT2D eigenvalue weighted by Gasteiger charge is -2.24. The number of nitrogens with one attached hydrogen (secondary N) is 1. The van der Waals surface area contributed by atoms with Crippen LogP contribution in [-0.2, 0) is 16.0 Å². The molecule has 0 unspecified atom stereocenters. The highest BCUT2D eigenvalue weighted by Gasteiger charge is 2.25. The number of rotatable bonds is 9. The van der Waals surface area contributed by atoms with Gasteiger partial charge in [-0.05, 0) is 68.7 Å². The second kappa shape index (κ2) is 10.9. The molecule has 0 spiro atoms. The van der Waals surface area contributed by atoms with Crippen LogP contribution in [0.25, 0.3) is 10.8 Å². The van der Waals surface area contributed by atoms with E-state index in [0.717, 1.165) is 36.5 Å². The van der Waals surface area contributed by atoms with Gasteiger partial charge in [-0.3, -0.25) is 4.79 Å². The molecule has 5 nitrogen and oxygen atoms in total. The second-order valence-corrected chi connectivity index (χ2v) is 9.33. The Morgan fingerprint density at radius 2 is 1.88 bits per heavy atom. The first-order valence-electron chi connectivity index (χ1n) is 12.4. The van der Waals surface area contributed by atoms with Crippen molar-refractivity contribution >= 4 is 22.4 Å². The molecule has 4 rings (SSSR count). The Bertz CT molecular complexity index is 1120. The molecule has 1 aliphatic heterocycles. The van der Waals surface area contributed by atoms with Crippen LogP contribution < -0.4 is 15.0 Å². The standard InChI is InChI=1S/C29H36N2O3/c1-5-33-29(32)18-23-17-25(13-14-28(23)34-20(2)3)31-16-15-24(19-31)30-21(4)26-12-8-10-22-9-6-7-11-27(22)26/h6-14,17,20-21,24,30H,5,15-16,18-19H2,1-4H3/t21-,24+/m1/s1. The average Bonchev–Trinajstić information content (AvgIpc) is 3.28. The zero-order valence-electron chi connectivity index (χ0n) is 20.7. The summed E-state index contributed by atoms with van der Waals surface area (Å²) in [5.74, 6) is 0.531. The van der Waals surface area contributed by atoms with Gasteiger partial charge in [-0.1, -0.05) is 42.5 Å². The van der Waals surface area contributed by atoms with Crippen molar-refractivity contribution in [1.29, 1.82) is 0 Å². The van der Waals surface area contributed by atoms with E-state index in [0.29, 0.717) is 12.6 Å². The molecule has 1 heterocycles. The van der Waals surface area contributed by atoms with Gasteiger partial charge in [0.05, 0.1) is 19.1 Å². The second-order valence-electron chi connectivity index (χ2n) is 9.33. The Labute approximate surface area is 203 Å². The Morgan fingerprint density at radius 3 is 2.68 bits per heavy atom. The van der Waals surface area contributed by atoms with Crippen molar-refractivity contribution in [2.45, 2.75) is 58.7 Å². The molecule has 0 aliphatic carbocycles. The molecule has 3 aromatic carbocycles. The van der Waals surface area contributed by atoms with E-state index < -0.39 is 0 Å². The van der Waals surface area contributed by atoms with Crippen molar-refractivity contribution in [3.63, 3.8) is 0 Å². The molecule has 1 saturated heterocycles. The van der Waals surface area contributed by atoms with E-state index in [1.54, 1.807) is 0 Å². The molecule has 0 aromatic heterocycles. The molecule has 0 bridgehead atoms. The van der Waals surface area contributed by atoms with Gasteiger partial charge in [-0.25, -0.2) is 0 Å². The number of fused-ring (bicyclic) bond motifs is 1. The van der Waals surface area contributed by atoms with Crippen molar-refractivity contribution in [2.75, 3.05) is 24.6 Å². The summed E-state index contributed by atoms with van der Waals surface area (Å²) in [5, 5.41) is 6.43. The molecule has 5 heteroatoms. The number of hydrogen-bond donors (Lipinski definition) is 1. The first-order chi connectivity index (χ1) is 16.4. The van der Waals surface area contributed by atoms with Crippen LogP contribution in [0.4, 0.5) is 5.69 Å². The van der Waals surface area contributed by atoms with Gasteiger partial charge in [0.15, 0.2) is 0 Å². The Hall–Kier alpha value is -3.05. The SMILES string of the molecule is CCOC(=O)Cc1cc(N2CC[C@H](N[C@H](C)c3cccc4ccccc34)C2)ccc1OC(C)C. The Balaban J connectivity index is 1.46. The molecule has 180 valence electrons. The molecule has 0 amide bonds. The highest BCUT2D eigenvalue weighted by atomic mass is 16.5. The zero-order chi connectivity index (χ0) is 24.1. The van der Waals surface area contributed by atoms with E-state index in [2.05, 4.69) is 71.7 Å². The quantitative estimate of drug-likeness (QED) is 0.418. The predicted molar refractivity (Wildman–Crippen MR) is 139 cm³/mol. The number of benzene rings is 3. The summed E-state index contributed by atoms with van der Waals surface area (Å²) in [6.07, 6.45) is 1.34. The fraction of sp³-hybridized carbons (Fsp3) is 0.414. The molecule has 3 aromatic rings. The largest absolute Gasteiger partial charge is 0.491 e. The van der Waals surface area contributed by atoms with Crippen LogP contribution in [0.3, 0.4) is 0 Å². The van der Waals surface area contributed by atoms with Crippen LogP contribution in [0.1, 0.15) is 51.3 Å². The summed E-state index contributed by atoms with van der Waals surface area (Å²) in [5.41, 5.74) is 3.34. The third-order valence-electron chi connectivity index (χ3n) is 6.38. The molecular weight excluding hydrogens is 424 g/mol. The van der Waals surface area contributed by atoms with E-state index in [9.17, 15) is 4.79 Å². The monoisotopic (exact) mass is 460 g/mol. The first-order valence-corrected chi connectivity index (χ1v) is 12.4. The lowest BCUT2D eigenvalue weighted by Crippen LogP contribution is -2.34. The molecule has 1 N–H and O–H groups in total. The molecule has 0 saturated carbocycles. The van der Waals surface area contributed by atoms with Crippen LogP contribution >= 0.6 is 0 Å². The number of hydrogen-bond acceptors (Lipinski definition) is 5. The van der Waals surface area contributed by atoms with Gasteiger partial charge >= 0.3 is 5.97 Å². The van der Waals surface area contributed by atoms with Gasteiger partial charge in [0, 0.05) is 36.4 Å². The molecule has 0 radical (unpaired) electrons. The number of carbonyl (C=O) groups excluding carboxylic acids is 1. The molecule has 1 aliphatic rings. The lowest BCUT2D eigenvalue weighted by molar-refractivity contribution is -0.142. The van der Waals surface area contributed by atoms with Crippen LogP contribution in [0.15, 0.2) is 60.7 Å². The summed E-state index contributed by atoms with van der Waals surface area (Å²) in [6.45, 7) is 10.4. The van der Waals surface area contributed by atoms with Crippen LogP contribution in [0, 0.1) is 0 Å². The van der Waals surface area contributed by atoms with Crippen LogP contribution in [0.5, 0.6) is 5.75 Å². The fourth-order valence-electron chi connectivity index (χ4n) is 4.84. The number of ether oxygens (including phenoxy) is 2. The summed E-state index contributed by atoms with van der Waals surface area (Å²) < 4.78 is 11.1. The lowest BCUT2D eigenvalue weighted by atomic mass is 9.99. The summed E-state index contributed by atoms with van der Waals surface area (Å²) in [4.78, 5) is 14.6. The Kier molecular flexibility index (Phi) is 7.73. The van der Waals surface area contributed by atoms with Gasteiger partial charge in [0.25, 0.3) is 0 Å². The van der Waals surface area contributed by atoms with E-state index >= 15 is 0 Å².